The second kappa shape index (κ2) is 4.95. The molecule has 86 valence electrons. The van der Waals surface area contributed by atoms with Gasteiger partial charge in [-0.25, -0.2) is 4.98 Å². The van der Waals surface area contributed by atoms with Gasteiger partial charge in [-0.1, -0.05) is 11.6 Å². The van der Waals surface area contributed by atoms with E-state index < -0.39 is 0 Å². The molecule has 16 heavy (non-hydrogen) atoms. The molecular weight excluding hydrogens is 246 g/mol. The van der Waals surface area contributed by atoms with Gasteiger partial charge >= 0.3 is 0 Å². The minimum absolute atomic E-state index is 0.598. The van der Waals surface area contributed by atoms with E-state index in [0.29, 0.717) is 29.6 Å². The number of ether oxygens (including phenoxy) is 1. The first-order valence-electron chi connectivity index (χ1n) is 5.04. The molecular formula is C10H12ClN3OS. The second-order valence-corrected chi connectivity index (χ2v) is 4.13. The van der Waals surface area contributed by atoms with Crippen molar-refractivity contribution in [3.63, 3.8) is 0 Å². The Balaban J connectivity index is 2.36. The van der Waals surface area contributed by atoms with E-state index >= 15 is 0 Å². The van der Waals surface area contributed by atoms with Crippen LogP contribution in [0.25, 0.3) is 11.2 Å². The highest BCUT2D eigenvalue weighted by molar-refractivity contribution is 7.71. The van der Waals surface area contributed by atoms with Crippen molar-refractivity contribution >= 4 is 35.0 Å². The normalized spacial score (nSPS) is 11.1. The number of rotatable bonds is 4. The summed E-state index contributed by atoms with van der Waals surface area (Å²) in [5, 5.41) is 0.598. The number of imidazole rings is 1. The lowest BCUT2D eigenvalue weighted by Crippen LogP contribution is -2.06. The monoisotopic (exact) mass is 257 g/mol. The summed E-state index contributed by atoms with van der Waals surface area (Å²) in [6, 6.07) is 1.82. The van der Waals surface area contributed by atoms with Gasteiger partial charge in [0.15, 0.2) is 10.4 Å². The molecule has 0 aromatic carbocycles. The first-order valence-corrected chi connectivity index (χ1v) is 5.83. The molecule has 0 bridgehead atoms. The summed E-state index contributed by atoms with van der Waals surface area (Å²) in [5.74, 6) is 0. The first kappa shape index (κ1) is 11.6. The lowest BCUT2D eigenvalue weighted by atomic mass is 10.4. The third-order valence-corrected chi connectivity index (χ3v) is 2.77. The molecule has 0 unspecified atom stereocenters. The Kier molecular flexibility index (Phi) is 3.58. The van der Waals surface area contributed by atoms with Gasteiger partial charge in [-0.3, -0.25) is 4.57 Å². The van der Waals surface area contributed by atoms with Crippen LogP contribution in [0.2, 0.25) is 5.02 Å². The molecule has 1 N–H and O–H groups in total. The van der Waals surface area contributed by atoms with Crippen LogP contribution < -0.4 is 0 Å². The van der Waals surface area contributed by atoms with Gasteiger partial charge < -0.3 is 9.72 Å². The largest absolute Gasteiger partial charge is 0.380 e. The molecule has 0 fully saturated rings. The number of hydrogen-bond donors (Lipinski definition) is 1. The maximum Gasteiger partial charge on any atom is 0.179 e. The molecule has 0 spiro atoms. The van der Waals surface area contributed by atoms with E-state index in [4.69, 9.17) is 28.6 Å². The number of aromatic nitrogens is 3. The Morgan fingerprint density at radius 1 is 1.62 bits per heavy atom. The van der Waals surface area contributed by atoms with Gasteiger partial charge in [-0.2, -0.15) is 0 Å². The lowest BCUT2D eigenvalue weighted by Gasteiger charge is -2.03. The Bertz CT molecular complexity index is 548. The van der Waals surface area contributed by atoms with E-state index in [9.17, 15) is 0 Å². The van der Waals surface area contributed by atoms with Crippen molar-refractivity contribution in [2.45, 2.75) is 13.5 Å². The number of nitrogens with zero attached hydrogens (tertiary/aromatic N) is 2. The first-order chi connectivity index (χ1) is 7.72. The van der Waals surface area contributed by atoms with Crippen LogP contribution in [0.15, 0.2) is 12.3 Å². The third kappa shape index (κ3) is 2.26. The Morgan fingerprint density at radius 2 is 2.44 bits per heavy atom. The van der Waals surface area contributed by atoms with Gasteiger partial charge in [0, 0.05) is 12.8 Å². The fourth-order valence-corrected chi connectivity index (χ4v) is 1.97. The fraction of sp³-hybridized carbons (Fsp3) is 0.400. The quantitative estimate of drug-likeness (QED) is 0.677. The molecule has 0 radical (unpaired) electrons. The molecule has 0 atom stereocenters. The van der Waals surface area contributed by atoms with Crippen molar-refractivity contribution in [1.29, 1.82) is 0 Å². The molecule has 4 nitrogen and oxygen atoms in total. The third-order valence-electron chi connectivity index (χ3n) is 2.24. The number of nitrogens with one attached hydrogen (secondary N) is 1. The predicted octanol–water partition coefficient (Wildman–Crippen LogP) is 2.78. The van der Waals surface area contributed by atoms with Gasteiger partial charge in [-0.15, -0.1) is 0 Å². The van der Waals surface area contributed by atoms with Crippen LogP contribution in [0.3, 0.4) is 0 Å². The standard InChI is InChI=1S/C10H12ClN3OS/c1-2-15-4-3-14-9-8(13-10(14)16)5-7(11)6-12-9/h5-6H,2-4H2,1H3,(H,13,16). The molecule has 0 aliphatic rings. The van der Waals surface area contributed by atoms with Crippen LogP contribution in [-0.4, -0.2) is 27.7 Å². The summed E-state index contributed by atoms with van der Waals surface area (Å²) in [4.78, 5) is 7.33. The van der Waals surface area contributed by atoms with Crippen LogP contribution in [-0.2, 0) is 11.3 Å². The Labute approximate surface area is 103 Å². The zero-order valence-corrected chi connectivity index (χ0v) is 10.4. The smallest absolute Gasteiger partial charge is 0.179 e. The average molecular weight is 258 g/mol. The summed E-state index contributed by atoms with van der Waals surface area (Å²) in [6.07, 6.45) is 1.61. The summed E-state index contributed by atoms with van der Waals surface area (Å²) in [7, 11) is 0. The molecule has 0 aliphatic heterocycles. The zero-order chi connectivity index (χ0) is 11.5. The van der Waals surface area contributed by atoms with Gasteiger partial charge in [-0.05, 0) is 25.2 Å². The van der Waals surface area contributed by atoms with Crippen molar-refractivity contribution in [3.05, 3.63) is 22.1 Å². The number of aromatic amines is 1. The number of fused-ring (bicyclic) bond motifs is 1. The van der Waals surface area contributed by atoms with Crippen molar-refractivity contribution in [1.82, 2.24) is 14.5 Å². The molecule has 2 aromatic heterocycles. The van der Waals surface area contributed by atoms with Crippen LogP contribution in [0.4, 0.5) is 0 Å². The SMILES string of the molecule is CCOCCn1c(=S)[nH]c2cc(Cl)cnc21. The van der Waals surface area contributed by atoms with Gasteiger partial charge in [0.25, 0.3) is 0 Å². The maximum absolute atomic E-state index is 5.86. The summed E-state index contributed by atoms with van der Waals surface area (Å²) < 4.78 is 7.86. The molecule has 0 saturated carbocycles. The van der Waals surface area contributed by atoms with Crippen molar-refractivity contribution in [2.24, 2.45) is 0 Å². The van der Waals surface area contributed by atoms with E-state index in [1.807, 2.05) is 17.6 Å². The zero-order valence-electron chi connectivity index (χ0n) is 8.86. The van der Waals surface area contributed by atoms with E-state index in [-0.39, 0.29) is 0 Å². The van der Waals surface area contributed by atoms with E-state index in [1.165, 1.54) is 0 Å². The Morgan fingerprint density at radius 3 is 3.19 bits per heavy atom. The molecule has 0 saturated heterocycles. The highest BCUT2D eigenvalue weighted by Gasteiger charge is 2.05. The lowest BCUT2D eigenvalue weighted by molar-refractivity contribution is 0.139. The van der Waals surface area contributed by atoms with E-state index in [2.05, 4.69) is 9.97 Å². The number of halogens is 1. The highest BCUT2D eigenvalue weighted by Crippen LogP contribution is 2.16. The van der Waals surface area contributed by atoms with Crippen molar-refractivity contribution < 1.29 is 4.74 Å². The molecule has 2 aromatic rings. The number of hydrogen-bond acceptors (Lipinski definition) is 3. The highest BCUT2D eigenvalue weighted by atomic mass is 35.5. The van der Waals surface area contributed by atoms with Gasteiger partial charge in [0.05, 0.1) is 23.7 Å². The molecule has 2 rings (SSSR count). The van der Waals surface area contributed by atoms with Gasteiger partial charge in [0.2, 0.25) is 0 Å². The molecule has 0 aliphatic carbocycles. The minimum Gasteiger partial charge on any atom is -0.380 e. The second-order valence-electron chi connectivity index (χ2n) is 3.30. The molecule has 2 heterocycles. The van der Waals surface area contributed by atoms with Crippen molar-refractivity contribution in [3.8, 4) is 0 Å². The van der Waals surface area contributed by atoms with Crippen LogP contribution in [0.5, 0.6) is 0 Å². The average Bonchev–Trinajstić information content (AvgIpc) is 2.55. The van der Waals surface area contributed by atoms with E-state index in [0.717, 1.165) is 11.2 Å². The van der Waals surface area contributed by atoms with Crippen LogP contribution in [0.1, 0.15) is 6.92 Å². The van der Waals surface area contributed by atoms with Crippen molar-refractivity contribution in [2.75, 3.05) is 13.2 Å². The summed E-state index contributed by atoms with van der Waals surface area (Å²) >= 11 is 11.1. The topological polar surface area (TPSA) is 42.8 Å². The molecule has 6 heteroatoms. The minimum atomic E-state index is 0.598. The Hall–Kier alpha value is -0.910. The van der Waals surface area contributed by atoms with Crippen LogP contribution >= 0.6 is 23.8 Å². The predicted molar refractivity (Wildman–Crippen MR) is 66.4 cm³/mol. The van der Waals surface area contributed by atoms with Gasteiger partial charge in [0.1, 0.15) is 0 Å². The fourth-order valence-electron chi connectivity index (χ4n) is 1.53. The van der Waals surface area contributed by atoms with Crippen LogP contribution in [0, 0.1) is 4.77 Å². The molecule has 0 amide bonds. The number of H-pyrrole nitrogens is 1. The summed E-state index contributed by atoms with van der Waals surface area (Å²) in [5.41, 5.74) is 1.67. The summed E-state index contributed by atoms with van der Waals surface area (Å²) in [6.45, 7) is 3.99. The van der Waals surface area contributed by atoms with E-state index in [1.54, 1.807) is 6.20 Å². The number of pyridine rings is 1. The maximum atomic E-state index is 5.86.